The third kappa shape index (κ3) is 3.55. The quantitative estimate of drug-likeness (QED) is 0.886. The van der Waals surface area contributed by atoms with Crippen LogP contribution in [0.1, 0.15) is 31.1 Å². The van der Waals surface area contributed by atoms with Gasteiger partial charge in [0.1, 0.15) is 11.4 Å². The van der Waals surface area contributed by atoms with Crippen molar-refractivity contribution in [3.63, 3.8) is 0 Å². The Labute approximate surface area is 125 Å². The molecule has 0 spiro atoms. The minimum absolute atomic E-state index is 0.192. The molecule has 114 valence electrons. The van der Waals surface area contributed by atoms with E-state index in [1.54, 1.807) is 7.11 Å². The van der Waals surface area contributed by atoms with E-state index >= 15 is 0 Å². The van der Waals surface area contributed by atoms with Crippen LogP contribution >= 0.6 is 0 Å². The molecular formula is C16H23N3O2. The van der Waals surface area contributed by atoms with Gasteiger partial charge in [0.2, 0.25) is 5.88 Å². The largest absolute Gasteiger partial charge is 0.437 e. The van der Waals surface area contributed by atoms with Gasteiger partial charge in [-0.1, -0.05) is 12.1 Å². The molecule has 5 heteroatoms. The van der Waals surface area contributed by atoms with Gasteiger partial charge < -0.3 is 15.2 Å². The first kappa shape index (κ1) is 15.4. The second-order valence-electron chi connectivity index (χ2n) is 5.33. The number of hydrogen-bond acceptors (Lipinski definition) is 4. The average Bonchev–Trinajstić information content (AvgIpc) is 2.75. The van der Waals surface area contributed by atoms with E-state index in [0.29, 0.717) is 18.2 Å². The van der Waals surface area contributed by atoms with Crippen molar-refractivity contribution in [2.45, 2.75) is 33.2 Å². The van der Waals surface area contributed by atoms with Crippen LogP contribution in [0.2, 0.25) is 0 Å². The lowest BCUT2D eigenvalue weighted by Gasteiger charge is -2.12. The molecule has 2 rings (SSSR count). The van der Waals surface area contributed by atoms with Gasteiger partial charge in [-0.3, -0.25) is 0 Å². The Morgan fingerprint density at radius 2 is 1.90 bits per heavy atom. The van der Waals surface area contributed by atoms with Gasteiger partial charge in [0.05, 0.1) is 18.3 Å². The zero-order valence-electron chi connectivity index (χ0n) is 13.1. The molecule has 0 atom stereocenters. The van der Waals surface area contributed by atoms with E-state index in [4.69, 9.17) is 15.2 Å². The Kier molecular flexibility index (Phi) is 4.85. The highest BCUT2D eigenvalue weighted by molar-refractivity contribution is 5.54. The molecule has 0 aliphatic carbocycles. The van der Waals surface area contributed by atoms with E-state index in [9.17, 15) is 0 Å². The smallest absolute Gasteiger partial charge is 0.241 e. The Balaban J connectivity index is 2.18. The summed E-state index contributed by atoms with van der Waals surface area (Å²) in [5.41, 5.74) is 8.65. The minimum Gasteiger partial charge on any atom is -0.437 e. The van der Waals surface area contributed by atoms with Crippen LogP contribution in [0.3, 0.4) is 0 Å². The highest BCUT2D eigenvalue weighted by Crippen LogP contribution is 2.32. The molecule has 0 radical (unpaired) electrons. The summed E-state index contributed by atoms with van der Waals surface area (Å²) in [5, 5.41) is 4.41. The summed E-state index contributed by atoms with van der Waals surface area (Å²) in [4.78, 5) is 0. The predicted molar refractivity (Wildman–Crippen MR) is 83.9 cm³/mol. The first-order valence-electron chi connectivity index (χ1n) is 7.13. The fourth-order valence-electron chi connectivity index (χ4n) is 2.05. The Morgan fingerprint density at radius 3 is 2.48 bits per heavy atom. The number of rotatable bonds is 6. The fraction of sp³-hybridized carbons (Fsp3) is 0.438. The summed E-state index contributed by atoms with van der Waals surface area (Å²) < 4.78 is 12.8. The SMILES string of the molecule is COCCc1ccc(Oc2c(N)c(C)nn2C(C)C)cc1. The van der Waals surface area contributed by atoms with Crippen molar-refractivity contribution in [1.82, 2.24) is 9.78 Å². The molecule has 0 bridgehead atoms. The molecule has 2 aromatic rings. The van der Waals surface area contributed by atoms with E-state index in [1.807, 2.05) is 49.7 Å². The number of nitrogens with two attached hydrogens (primary N) is 1. The van der Waals surface area contributed by atoms with Crippen molar-refractivity contribution >= 4 is 5.69 Å². The third-order valence-corrected chi connectivity index (χ3v) is 3.31. The molecular weight excluding hydrogens is 266 g/mol. The molecule has 0 aliphatic heterocycles. The standard InChI is InChI=1S/C16H23N3O2/c1-11(2)19-16(15(17)12(3)18-19)21-14-7-5-13(6-8-14)9-10-20-4/h5-8,11H,9-10,17H2,1-4H3. The minimum atomic E-state index is 0.192. The monoisotopic (exact) mass is 289 g/mol. The summed E-state index contributed by atoms with van der Waals surface area (Å²) in [6.45, 7) is 6.70. The molecule has 1 aromatic carbocycles. The topological polar surface area (TPSA) is 62.3 Å². The molecule has 5 nitrogen and oxygen atoms in total. The predicted octanol–water partition coefficient (Wildman–Crippen LogP) is 3.34. The Bertz CT molecular complexity index is 588. The Hall–Kier alpha value is -2.01. The number of methoxy groups -OCH3 is 1. The molecule has 21 heavy (non-hydrogen) atoms. The summed E-state index contributed by atoms with van der Waals surface area (Å²) in [5.74, 6) is 1.36. The van der Waals surface area contributed by atoms with Crippen LogP contribution in [0.5, 0.6) is 11.6 Å². The van der Waals surface area contributed by atoms with Gasteiger partial charge in [-0.2, -0.15) is 5.10 Å². The van der Waals surface area contributed by atoms with Gasteiger partial charge in [-0.25, -0.2) is 4.68 Å². The van der Waals surface area contributed by atoms with E-state index in [2.05, 4.69) is 5.10 Å². The number of ether oxygens (including phenoxy) is 2. The van der Waals surface area contributed by atoms with Gasteiger partial charge in [0.15, 0.2) is 0 Å². The molecule has 0 saturated carbocycles. The number of hydrogen-bond donors (Lipinski definition) is 1. The van der Waals surface area contributed by atoms with E-state index in [1.165, 1.54) is 5.56 Å². The van der Waals surface area contributed by atoms with Crippen molar-refractivity contribution < 1.29 is 9.47 Å². The molecule has 0 saturated heterocycles. The van der Waals surface area contributed by atoms with Gasteiger partial charge in [-0.05, 0) is 44.9 Å². The van der Waals surface area contributed by atoms with Crippen LogP contribution in [0, 0.1) is 6.92 Å². The molecule has 0 fully saturated rings. The zero-order valence-corrected chi connectivity index (χ0v) is 13.1. The highest BCUT2D eigenvalue weighted by atomic mass is 16.5. The number of aryl methyl sites for hydroxylation is 1. The van der Waals surface area contributed by atoms with Crippen molar-refractivity contribution in [1.29, 1.82) is 0 Å². The number of nitrogens with zero attached hydrogens (tertiary/aromatic N) is 2. The lowest BCUT2D eigenvalue weighted by molar-refractivity contribution is 0.202. The molecule has 0 unspecified atom stereocenters. The van der Waals surface area contributed by atoms with Crippen molar-refractivity contribution in [3.05, 3.63) is 35.5 Å². The van der Waals surface area contributed by atoms with Crippen molar-refractivity contribution in [2.24, 2.45) is 0 Å². The Morgan fingerprint density at radius 1 is 1.24 bits per heavy atom. The number of anilines is 1. The average molecular weight is 289 g/mol. The lowest BCUT2D eigenvalue weighted by atomic mass is 10.1. The van der Waals surface area contributed by atoms with Crippen LogP contribution in [-0.4, -0.2) is 23.5 Å². The van der Waals surface area contributed by atoms with Crippen molar-refractivity contribution in [3.8, 4) is 11.6 Å². The van der Waals surface area contributed by atoms with Gasteiger partial charge in [0, 0.05) is 7.11 Å². The first-order chi connectivity index (χ1) is 10.0. The van der Waals surface area contributed by atoms with Gasteiger partial charge in [-0.15, -0.1) is 0 Å². The number of aromatic nitrogens is 2. The first-order valence-corrected chi connectivity index (χ1v) is 7.13. The highest BCUT2D eigenvalue weighted by Gasteiger charge is 2.16. The lowest BCUT2D eigenvalue weighted by Crippen LogP contribution is -2.05. The van der Waals surface area contributed by atoms with E-state index in [0.717, 1.165) is 17.9 Å². The molecule has 1 heterocycles. The van der Waals surface area contributed by atoms with Crippen molar-refractivity contribution in [2.75, 3.05) is 19.5 Å². The molecule has 1 aromatic heterocycles. The molecule has 2 N–H and O–H groups in total. The normalized spacial score (nSPS) is 11.1. The van der Waals surface area contributed by atoms with Gasteiger partial charge in [0.25, 0.3) is 0 Å². The summed E-state index contributed by atoms with van der Waals surface area (Å²) in [6, 6.07) is 8.15. The number of nitrogen functional groups attached to an aromatic ring is 1. The second-order valence-corrected chi connectivity index (χ2v) is 5.33. The third-order valence-electron chi connectivity index (χ3n) is 3.31. The summed E-state index contributed by atoms with van der Waals surface area (Å²) in [6.07, 6.45) is 0.891. The van der Waals surface area contributed by atoms with Gasteiger partial charge >= 0.3 is 0 Å². The van der Waals surface area contributed by atoms with Crippen LogP contribution in [0.15, 0.2) is 24.3 Å². The molecule has 0 aliphatic rings. The van der Waals surface area contributed by atoms with Crippen LogP contribution in [0.25, 0.3) is 0 Å². The summed E-state index contributed by atoms with van der Waals surface area (Å²) >= 11 is 0. The van der Waals surface area contributed by atoms with Crippen LogP contribution in [0.4, 0.5) is 5.69 Å². The zero-order chi connectivity index (χ0) is 15.4. The maximum absolute atomic E-state index is 6.06. The molecule has 0 amide bonds. The fourth-order valence-corrected chi connectivity index (χ4v) is 2.05. The van der Waals surface area contributed by atoms with E-state index < -0.39 is 0 Å². The van der Waals surface area contributed by atoms with Crippen LogP contribution < -0.4 is 10.5 Å². The second kappa shape index (κ2) is 6.63. The van der Waals surface area contributed by atoms with Crippen LogP contribution in [-0.2, 0) is 11.2 Å². The van der Waals surface area contributed by atoms with E-state index in [-0.39, 0.29) is 6.04 Å². The maximum Gasteiger partial charge on any atom is 0.241 e. The number of benzene rings is 1. The summed E-state index contributed by atoms with van der Waals surface area (Å²) in [7, 11) is 1.70. The maximum atomic E-state index is 6.06.